The molecule has 0 spiro atoms. The first-order valence-electron chi connectivity index (χ1n) is 12.0. The first-order chi connectivity index (χ1) is 17.8. The van der Waals surface area contributed by atoms with Crippen molar-refractivity contribution < 1.29 is 85.0 Å². The summed E-state index contributed by atoms with van der Waals surface area (Å²) >= 11 is 0. The van der Waals surface area contributed by atoms with Crippen LogP contribution in [-0.4, -0.2) is 179 Å². The van der Waals surface area contributed by atoms with Gasteiger partial charge in [0.05, 0.1) is 19.8 Å². The van der Waals surface area contributed by atoms with E-state index in [0.29, 0.717) is 0 Å². The highest BCUT2D eigenvalue weighted by molar-refractivity contribution is 4.96. The Morgan fingerprint density at radius 2 is 0.895 bits per heavy atom. The van der Waals surface area contributed by atoms with Gasteiger partial charge in [-0.3, -0.25) is 0 Å². The first kappa shape index (κ1) is 33.5. The molecule has 17 heteroatoms. The summed E-state index contributed by atoms with van der Waals surface area (Å²) in [4.78, 5) is 0. The van der Waals surface area contributed by atoms with Crippen molar-refractivity contribution in [3.63, 3.8) is 0 Å². The molecule has 3 saturated heterocycles. The molecule has 3 aliphatic heterocycles. The molecule has 226 valence electrons. The van der Waals surface area contributed by atoms with Gasteiger partial charge in [-0.2, -0.15) is 0 Å². The van der Waals surface area contributed by atoms with Gasteiger partial charge >= 0.3 is 0 Å². The van der Waals surface area contributed by atoms with Crippen LogP contribution < -0.4 is 0 Å². The zero-order valence-corrected chi connectivity index (χ0v) is 20.8. The van der Waals surface area contributed by atoms with Crippen LogP contribution in [0.1, 0.15) is 13.8 Å². The van der Waals surface area contributed by atoms with Crippen LogP contribution in [0.4, 0.5) is 0 Å². The molecule has 0 bridgehead atoms. The Labute approximate surface area is 217 Å². The van der Waals surface area contributed by atoms with Gasteiger partial charge in [0.2, 0.25) is 0 Å². The lowest BCUT2D eigenvalue weighted by atomic mass is 9.96. The van der Waals surface area contributed by atoms with Crippen LogP contribution in [-0.2, 0) is 23.7 Å². The summed E-state index contributed by atoms with van der Waals surface area (Å²) in [5, 5.41) is 117. The van der Waals surface area contributed by atoms with Gasteiger partial charge in [0.25, 0.3) is 0 Å². The van der Waals surface area contributed by atoms with E-state index in [0.717, 1.165) is 0 Å². The highest BCUT2D eigenvalue weighted by atomic mass is 16.8. The average molecular weight is 565 g/mol. The summed E-state index contributed by atoms with van der Waals surface area (Å²) in [5.74, 6) is 0. The third-order valence-electron chi connectivity index (χ3n) is 6.09. The molecule has 0 aromatic carbocycles. The highest BCUT2D eigenvalue weighted by Crippen LogP contribution is 2.32. The Kier molecular flexibility index (Phi) is 13.1. The lowest BCUT2D eigenvalue weighted by Crippen LogP contribution is -2.66. The van der Waals surface area contributed by atoms with Gasteiger partial charge in [-0.05, 0) is 13.8 Å². The number of aliphatic hydroxyl groups excluding tert-OH is 12. The fourth-order valence-corrected chi connectivity index (χ4v) is 4.06. The molecule has 38 heavy (non-hydrogen) atoms. The Balaban J connectivity index is 0.00000118. The van der Waals surface area contributed by atoms with Crippen LogP contribution in [0.15, 0.2) is 0 Å². The third-order valence-corrected chi connectivity index (χ3v) is 6.09. The van der Waals surface area contributed by atoms with E-state index >= 15 is 0 Å². The van der Waals surface area contributed by atoms with E-state index in [2.05, 4.69) is 0 Å². The summed E-state index contributed by atoms with van der Waals surface area (Å²) in [6.07, 6.45) is -25.3. The predicted octanol–water partition coefficient (Wildman–Crippen LogP) is -7.19. The lowest BCUT2D eigenvalue weighted by molar-refractivity contribution is -0.377. The van der Waals surface area contributed by atoms with Crippen LogP contribution in [0, 0.1) is 0 Å². The Bertz CT molecular complexity index is 677. The molecular formula is C21H40O17. The maximum atomic E-state index is 10.6. The summed E-state index contributed by atoms with van der Waals surface area (Å²) in [7, 11) is 0. The second-order valence-corrected chi connectivity index (χ2v) is 9.43. The fourth-order valence-electron chi connectivity index (χ4n) is 4.06. The fraction of sp³-hybridized carbons (Fsp3) is 1.00. The monoisotopic (exact) mass is 564 g/mol. The molecule has 17 nitrogen and oxygen atoms in total. The molecule has 1 unspecified atom stereocenters. The van der Waals surface area contributed by atoms with Crippen LogP contribution in [0.2, 0.25) is 0 Å². The minimum Gasteiger partial charge on any atom is -0.394 e. The number of aliphatic hydroxyl groups is 12. The maximum Gasteiger partial charge on any atom is 0.187 e. The second-order valence-electron chi connectivity index (χ2n) is 9.43. The number of hydrogen-bond donors (Lipinski definition) is 12. The number of hydrogen-bond acceptors (Lipinski definition) is 17. The molecule has 0 aromatic heterocycles. The quantitative estimate of drug-likeness (QED) is 0.137. The van der Waals surface area contributed by atoms with Gasteiger partial charge in [-0.25, -0.2) is 0 Å². The Morgan fingerprint density at radius 3 is 1.34 bits per heavy atom. The molecule has 12 N–H and O–H groups in total. The smallest absolute Gasteiger partial charge is 0.187 e. The van der Waals surface area contributed by atoms with Crippen LogP contribution in [0.5, 0.6) is 0 Å². The maximum absolute atomic E-state index is 10.6. The summed E-state index contributed by atoms with van der Waals surface area (Å²) in [5.41, 5.74) is 0. The van der Waals surface area contributed by atoms with Gasteiger partial charge in [0, 0.05) is 6.10 Å². The summed E-state index contributed by atoms with van der Waals surface area (Å²) in [6, 6.07) is 0. The number of rotatable bonds is 7. The van der Waals surface area contributed by atoms with Gasteiger partial charge < -0.3 is 85.0 Å². The molecule has 0 saturated carbocycles. The molecule has 3 aliphatic rings. The summed E-state index contributed by atoms with van der Waals surface area (Å²) < 4.78 is 26.4. The van der Waals surface area contributed by atoms with Crippen molar-refractivity contribution in [2.75, 3.05) is 19.8 Å². The summed E-state index contributed by atoms with van der Waals surface area (Å²) in [6.45, 7) is 1.12. The van der Waals surface area contributed by atoms with Crippen molar-refractivity contribution in [3.05, 3.63) is 0 Å². The van der Waals surface area contributed by atoms with E-state index in [-0.39, 0.29) is 6.10 Å². The molecule has 0 amide bonds. The minimum atomic E-state index is -1.91. The first-order valence-corrected chi connectivity index (χ1v) is 12.0. The van der Waals surface area contributed by atoms with E-state index in [1.165, 1.54) is 0 Å². The molecule has 3 rings (SSSR count). The van der Waals surface area contributed by atoms with Gasteiger partial charge in [-0.1, -0.05) is 0 Å². The average Bonchev–Trinajstić information content (AvgIpc) is 2.87. The van der Waals surface area contributed by atoms with Crippen LogP contribution >= 0.6 is 0 Å². The van der Waals surface area contributed by atoms with Crippen molar-refractivity contribution in [1.82, 2.24) is 0 Å². The minimum absolute atomic E-state index is 0.167. The van der Waals surface area contributed by atoms with E-state index in [1.807, 2.05) is 0 Å². The molecule has 15 atom stereocenters. The van der Waals surface area contributed by atoms with Gasteiger partial charge in [0.15, 0.2) is 18.9 Å². The van der Waals surface area contributed by atoms with Crippen LogP contribution in [0.3, 0.4) is 0 Å². The zero-order valence-electron chi connectivity index (χ0n) is 20.8. The number of ether oxygens (including phenoxy) is 5. The molecular weight excluding hydrogens is 524 g/mol. The standard InChI is InChI=1S/C18H32O16.C3H8O/c19-1-4-7(22)8(23)12(27)17(31-4)34-15-6(3-21)32-18(13(28)10(15)25)33-14-5(2-20)30-16(29)11(26)9(14)24;1-3(2)4/h4-29H,1-3H2;3-4H,1-2H3/t4-,5-,6-,7-,8+,9-,10-,11-,12-,13-,14-,15-,16?,17+,18+;/m1./s1. The van der Waals surface area contributed by atoms with Crippen molar-refractivity contribution >= 4 is 0 Å². The van der Waals surface area contributed by atoms with E-state index < -0.39 is 112 Å². The Hall–Kier alpha value is -0.680. The van der Waals surface area contributed by atoms with Gasteiger partial charge in [0.1, 0.15) is 73.2 Å². The zero-order chi connectivity index (χ0) is 28.9. The van der Waals surface area contributed by atoms with E-state index in [1.54, 1.807) is 13.8 Å². The SMILES string of the molecule is CC(C)O.OC[C@H]1O[C@@H](O[C@H]2[C@H](O)[C@@H](O)[C@H](O[C@H]3[C@H](O)[C@@H](O)C(O)O[C@@H]3CO)O[C@@H]2CO)[C@H](O)[C@@H](O)[C@@H]1O. The van der Waals surface area contributed by atoms with Crippen molar-refractivity contribution in [1.29, 1.82) is 0 Å². The topological polar surface area (TPSA) is 289 Å². The molecule has 0 aromatic rings. The third kappa shape index (κ3) is 7.74. The largest absolute Gasteiger partial charge is 0.394 e. The predicted molar refractivity (Wildman–Crippen MR) is 119 cm³/mol. The van der Waals surface area contributed by atoms with Gasteiger partial charge in [-0.15, -0.1) is 0 Å². The van der Waals surface area contributed by atoms with E-state index in [4.69, 9.17) is 28.8 Å². The highest BCUT2D eigenvalue weighted by Gasteiger charge is 2.53. The van der Waals surface area contributed by atoms with Crippen molar-refractivity contribution in [3.8, 4) is 0 Å². The second kappa shape index (κ2) is 14.8. The normalized spacial score (nSPS) is 47.9. The van der Waals surface area contributed by atoms with Crippen LogP contribution in [0.25, 0.3) is 0 Å². The van der Waals surface area contributed by atoms with Crippen molar-refractivity contribution in [2.45, 2.75) is 112 Å². The molecule has 3 heterocycles. The molecule has 0 aliphatic carbocycles. The van der Waals surface area contributed by atoms with E-state index in [9.17, 15) is 56.2 Å². The Morgan fingerprint density at radius 1 is 0.526 bits per heavy atom. The lowest BCUT2D eigenvalue weighted by Gasteiger charge is -2.47. The van der Waals surface area contributed by atoms with Crippen molar-refractivity contribution in [2.24, 2.45) is 0 Å². The molecule has 0 radical (unpaired) electrons. The molecule has 3 fully saturated rings.